The highest BCUT2D eigenvalue weighted by Crippen LogP contribution is 2.24. The number of morpholine rings is 1. The maximum absolute atomic E-state index is 12.8. The van der Waals surface area contributed by atoms with Crippen molar-refractivity contribution in [3.63, 3.8) is 0 Å². The van der Waals surface area contributed by atoms with Crippen LogP contribution in [0.2, 0.25) is 0 Å². The first-order chi connectivity index (χ1) is 11.6. The average Bonchev–Trinajstić information content (AvgIpc) is 2.93. The molecule has 0 bridgehead atoms. The van der Waals surface area contributed by atoms with Gasteiger partial charge in [-0.2, -0.15) is 0 Å². The normalized spacial score (nSPS) is 18.5. The molecule has 1 atom stereocenters. The molecule has 0 aliphatic carbocycles. The van der Waals surface area contributed by atoms with Gasteiger partial charge in [-0.05, 0) is 19.4 Å². The number of anilines is 1. The number of hydrogen-bond acceptors (Lipinski definition) is 5. The van der Waals surface area contributed by atoms with Crippen LogP contribution < -0.4 is 4.90 Å². The van der Waals surface area contributed by atoms with E-state index in [-0.39, 0.29) is 5.91 Å². The number of hydrogen-bond donors (Lipinski definition) is 0. The Morgan fingerprint density at radius 3 is 2.75 bits per heavy atom. The van der Waals surface area contributed by atoms with Gasteiger partial charge in [-0.1, -0.05) is 35.5 Å². The lowest BCUT2D eigenvalue weighted by Crippen LogP contribution is -2.50. The van der Waals surface area contributed by atoms with Crippen LogP contribution in [0.25, 0.3) is 0 Å². The highest BCUT2D eigenvalue weighted by molar-refractivity contribution is 5.97. The monoisotopic (exact) mass is 329 g/mol. The van der Waals surface area contributed by atoms with Crippen molar-refractivity contribution in [3.05, 3.63) is 47.3 Å². The molecule has 1 amide bonds. The van der Waals surface area contributed by atoms with E-state index in [0.29, 0.717) is 24.6 Å². The summed E-state index contributed by atoms with van der Waals surface area (Å²) in [6.45, 7) is 6.43. The van der Waals surface area contributed by atoms with Gasteiger partial charge in [0.1, 0.15) is 17.5 Å². The molecule has 0 N–H and O–H groups in total. The van der Waals surface area contributed by atoms with Gasteiger partial charge in [-0.25, -0.2) is 0 Å². The number of carbonyl (C=O) groups is 1. The second kappa shape index (κ2) is 7.15. The highest BCUT2D eigenvalue weighted by atomic mass is 16.5. The van der Waals surface area contributed by atoms with Gasteiger partial charge >= 0.3 is 0 Å². The summed E-state index contributed by atoms with van der Waals surface area (Å²) < 4.78 is 10.9. The van der Waals surface area contributed by atoms with Crippen molar-refractivity contribution in [1.29, 1.82) is 0 Å². The number of nitrogens with zero attached hydrogens (tertiary/aromatic N) is 3. The van der Waals surface area contributed by atoms with Gasteiger partial charge in [0.15, 0.2) is 5.76 Å². The first kappa shape index (κ1) is 16.7. The van der Waals surface area contributed by atoms with E-state index in [1.807, 2.05) is 32.0 Å². The van der Waals surface area contributed by atoms with Crippen molar-refractivity contribution < 1.29 is 14.1 Å². The Balaban J connectivity index is 1.67. The molecular weight excluding hydrogens is 306 g/mol. The van der Waals surface area contributed by atoms with Gasteiger partial charge in [0.2, 0.25) is 0 Å². The van der Waals surface area contributed by atoms with Crippen LogP contribution in [0.3, 0.4) is 0 Å². The number of amides is 1. The van der Waals surface area contributed by atoms with Gasteiger partial charge in [0, 0.05) is 26.7 Å². The summed E-state index contributed by atoms with van der Waals surface area (Å²) in [4.78, 5) is 16.7. The molecular formula is C18H23N3O3. The molecule has 1 aromatic carbocycles. The standard InChI is InChI=1S/C18H23N3O3/c1-13-17(14(2)24-19-13)20(3)18(22)16-12-21(9-10-23-16)11-15-7-5-4-6-8-15/h4-8,16H,9-12H2,1-3H3/t16-/m1/s1. The van der Waals surface area contributed by atoms with Crippen molar-refractivity contribution in [2.24, 2.45) is 0 Å². The van der Waals surface area contributed by atoms with E-state index < -0.39 is 6.10 Å². The summed E-state index contributed by atoms with van der Waals surface area (Å²) in [5.41, 5.74) is 2.67. The van der Waals surface area contributed by atoms with Crippen molar-refractivity contribution >= 4 is 11.6 Å². The summed E-state index contributed by atoms with van der Waals surface area (Å²) in [7, 11) is 1.74. The van der Waals surface area contributed by atoms with Crippen molar-refractivity contribution in [3.8, 4) is 0 Å². The fourth-order valence-electron chi connectivity index (χ4n) is 3.12. The van der Waals surface area contributed by atoms with Crippen molar-refractivity contribution in [2.45, 2.75) is 26.5 Å². The smallest absolute Gasteiger partial charge is 0.257 e. The number of benzene rings is 1. The van der Waals surface area contributed by atoms with Crippen LogP contribution >= 0.6 is 0 Å². The zero-order valence-corrected chi connectivity index (χ0v) is 14.4. The molecule has 2 heterocycles. The maximum Gasteiger partial charge on any atom is 0.257 e. The molecule has 1 aliphatic heterocycles. The van der Waals surface area contributed by atoms with Gasteiger partial charge in [0.25, 0.3) is 5.91 Å². The quantitative estimate of drug-likeness (QED) is 0.860. The molecule has 0 spiro atoms. The Kier molecular flexibility index (Phi) is 4.97. The third-order valence-electron chi connectivity index (χ3n) is 4.34. The lowest BCUT2D eigenvalue weighted by Gasteiger charge is -2.34. The average molecular weight is 329 g/mol. The van der Waals surface area contributed by atoms with E-state index in [1.54, 1.807) is 11.9 Å². The van der Waals surface area contributed by atoms with Gasteiger partial charge in [0.05, 0.1) is 6.61 Å². The summed E-state index contributed by atoms with van der Waals surface area (Å²) in [5.74, 6) is 0.572. The second-order valence-electron chi connectivity index (χ2n) is 6.15. The Morgan fingerprint density at radius 1 is 1.33 bits per heavy atom. The summed E-state index contributed by atoms with van der Waals surface area (Å²) >= 11 is 0. The number of aryl methyl sites for hydroxylation is 2. The Labute approximate surface area is 142 Å². The van der Waals surface area contributed by atoms with Crippen LogP contribution in [0.5, 0.6) is 0 Å². The van der Waals surface area contributed by atoms with E-state index in [4.69, 9.17) is 9.26 Å². The van der Waals surface area contributed by atoms with Crippen LogP contribution in [-0.2, 0) is 16.1 Å². The minimum absolute atomic E-state index is 0.0674. The molecule has 6 heteroatoms. The van der Waals surface area contributed by atoms with Crippen LogP contribution in [0.1, 0.15) is 17.0 Å². The van der Waals surface area contributed by atoms with Crippen LogP contribution in [0.15, 0.2) is 34.9 Å². The molecule has 0 radical (unpaired) electrons. The first-order valence-corrected chi connectivity index (χ1v) is 8.14. The molecule has 1 saturated heterocycles. The number of aromatic nitrogens is 1. The minimum Gasteiger partial charge on any atom is -0.366 e. The predicted octanol–water partition coefficient (Wildman–Crippen LogP) is 2.16. The van der Waals surface area contributed by atoms with E-state index in [0.717, 1.165) is 18.8 Å². The van der Waals surface area contributed by atoms with Gasteiger partial charge < -0.3 is 14.2 Å². The summed E-state index contributed by atoms with van der Waals surface area (Å²) in [6, 6.07) is 10.3. The van der Waals surface area contributed by atoms with Crippen molar-refractivity contribution in [1.82, 2.24) is 10.1 Å². The Hall–Kier alpha value is -2.18. The van der Waals surface area contributed by atoms with E-state index in [9.17, 15) is 4.79 Å². The van der Waals surface area contributed by atoms with Gasteiger partial charge in [-0.3, -0.25) is 9.69 Å². The molecule has 6 nitrogen and oxygen atoms in total. The second-order valence-corrected chi connectivity index (χ2v) is 6.15. The fourth-order valence-corrected chi connectivity index (χ4v) is 3.12. The Morgan fingerprint density at radius 2 is 2.08 bits per heavy atom. The third-order valence-corrected chi connectivity index (χ3v) is 4.34. The SMILES string of the molecule is Cc1noc(C)c1N(C)C(=O)[C@H]1CN(Cc2ccccc2)CCO1. The lowest BCUT2D eigenvalue weighted by molar-refractivity contribution is -0.135. The third kappa shape index (κ3) is 3.49. The minimum atomic E-state index is -0.471. The summed E-state index contributed by atoms with van der Waals surface area (Å²) in [6.07, 6.45) is -0.471. The molecule has 0 saturated carbocycles. The number of likely N-dealkylation sites (N-methyl/N-ethyl adjacent to an activating group) is 1. The van der Waals surface area contributed by atoms with Crippen LogP contribution in [-0.4, -0.2) is 48.8 Å². The van der Waals surface area contributed by atoms with Crippen LogP contribution in [0.4, 0.5) is 5.69 Å². The van der Waals surface area contributed by atoms with Crippen LogP contribution in [0, 0.1) is 13.8 Å². The zero-order chi connectivity index (χ0) is 17.1. The molecule has 1 aliphatic rings. The first-order valence-electron chi connectivity index (χ1n) is 8.14. The molecule has 3 rings (SSSR count). The highest BCUT2D eigenvalue weighted by Gasteiger charge is 2.31. The van der Waals surface area contributed by atoms with E-state index in [1.165, 1.54) is 5.56 Å². The largest absolute Gasteiger partial charge is 0.366 e. The van der Waals surface area contributed by atoms with E-state index in [2.05, 4.69) is 22.2 Å². The number of carbonyl (C=O) groups excluding carboxylic acids is 1. The molecule has 1 fully saturated rings. The maximum atomic E-state index is 12.8. The molecule has 1 aromatic heterocycles. The topological polar surface area (TPSA) is 58.8 Å². The number of rotatable bonds is 4. The van der Waals surface area contributed by atoms with Crippen molar-refractivity contribution in [2.75, 3.05) is 31.6 Å². The molecule has 0 unspecified atom stereocenters. The Bertz CT molecular complexity index is 679. The van der Waals surface area contributed by atoms with E-state index >= 15 is 0 Å². The molecule has 2 aromatic rings. The van der Waals surface area contributed by atoms with Gasteiger partial charge in [-0.15, -0.1) is 0 Å². The fraction of sp³-hybridized carbons (Fsp3) is 0.444. The zero-order valence-electron chi connectivity index (χ0n) is 14.4. The molecule has 128 valence electrons. The molecule has 24 heavy (non-hydrogen) atoms. The number of ether oxygens (including phenoxy) is 1. The summed E-state index contributed by atoms with van der Waals surface area (Å²) in [5, 5.41) is 3.92. The lowest BCUT2D eigenvalue weighted by atomic mass is 10.1. The predicted molar refractivity (Wildman–Crippen MR) is 90.8 cm³/mol.